The van der Waals surface area contributed by atoms with Crippen LogP contribution in [0, 0.1) is 25.2 Å². The van der Waals surface area contributed by atoms with Crippen LogP contribution in [0.2, 0.25) is 0 Å². The van der Waals surface area contributed by atoms with Gasteiger partial charge in [0.05, 0.1) is 5.56 Å². The van der Waals surface area contributed by atoms with Gasteiger partial charge in [0.15, 0.2) is 0 Å². The van der Waals surface area contributed by atoms with E-state index in [0.717, 1.165) is 24.1 Å². The number of anilines is 1. The van der Waals surface area contributed by atoms with Gasteiger partial charge in [-0.3, -0.25) is 4.79 Å². The number of aryl methyl sites for hydroxylation is 2. The first-order valence-electron chi connectivity index (χ1n) is 9.90. The van der Waals surface area contributed by atoms with Crippen LogP contribution in [-0.2, 0) is 17.4 Å². The normalized spacial score (nSPS) is 11.7. The van der Waals surface area contributed by atoms with Crippen LogP contribution < -0.4 is 5.32 Å². The Morgan fingerprint density at radius 3 is 2.22 bits per heavy atom. The molecule has 0 aromatic heterocycles. The van der Waals surface area contributed by atoms with Gasteiger partial charge in [-0.25, -0.2) is 0 Å². The van der Waals surface area contributed by atoms with Crippen molar-refractivity contribution in [3.8, 4) is 6.07 Å². The lowest BCUT2D eigenvalue weighted by atomic mass is 9.99. The molecule has 3 aromatic rings. The molecule has 0 aliphatic rings. The molecule has 0 atom stereocenters. The molecule has 6 heteroatoms. The van der Waals surface area contributed by atoms with Gasteiger partial charge in [0.1, 0.15) is 11.6 Å². The number of amides is 1. The number of nitriles is 1. The Balaban J connectivity index is 1.73. The number of carbonyl (C=O) groups is 1. The Hall–Kier alpha value is -3.85. The van der Waals surface area contributed by atoms with Gasteiger partial charge in [-0.15, -0.1) is 0 Å². The van der Waals surface area contributed by atoms with Crippen LogP contribution in [-0.4, -0.2) is 5.91 Å². The first-order chi connectivity index (χ1) is 15.1. The number of halogens is 3. The molecule has 0 unspecified atom stereocenters. The summed E-state index contributed by atoms with van der Waals surface area (Å²) in [5.41, 5.74) is 4.21. The van der Waals surface area contributed by atoms with Crippen LogP contribution in [0.5, 0.6) is 0 Å². The second kappa shape index (κ2) is 9.52. The van der Waals surface area contributed by atoms with Crippen LogP contribution in [0.25, 0.3) is 6.08 Å². The quantitative estimate of drug-likeness (QED) is 0.370. The molecule has 1 N–H and O–H groups in total. The summed E-state index contributed by atoms with van der Waals surface area (Å²) in [7, 11) is 0. The minimum atomic E-state index is -4.52. The van der Waals surface area contributed by atoms with Gasteiger partial charge in [-0.1, -0.05) is 59.7 Å². The number of hydrogen-bond acceptors (Lipinski definition) is 2. The molecule has 0 spiro atoms. The average molecular weight is 434 g/mol. The predicted octanol–water partition coefficient (Wildman–Crippen LogP) is 6.46. The van der Waals surface area contributed by atoms with E-state index in [-0.39, 0.29) is 11.3 Å². The van der Waals surface area contributed by atoms with Gasteiger partial charge in [-0.2, -0.15) is 18.4 Å². The third-order valence-corrected chi connectivity index (χ3v) is 4.79. The molecular formula is C26H21F3N2O. The van der Waals surface area contributed by atoms with Gasteiger partial charge < -0.3 is 5.32 Å². The van der Waals surface area contributed by atoms with Crippen molar-refractivity contribution < 1.29 is 18.0 Å². The Labute approximate surface area is 184 Å². The van der Waals surface area contributed by atoms with Crippen molar-refractivity contribution in [2.75, 3.05) is 5.32 Å². The molecule has 0 fully saturated rings. The molecule has 0 saturated heterocycles. The third kappa shape index (κ3) is 6.08. The minimum Gasteiger partial charge on any atom is -0.321 e. The van der Waals surface area contributed by atoms with Crippen LogP contribution in [0.4, 0.5) is 18.9 Å². The van der Waals surface area contributed by atoms with Crippen molar-refractivity contribution in [2.45, 2.75) is 26.4 Å². The molecule has 1 amide bonds. The molecule has 3 aromatic carbocycles. The summed E-state index contributed by atoms with van der Waals surface area (Å²) < 4.78 is 38.6. The third-order valence-electron chi connectivity index (χ3n) is 4.79. The molecule has 32 heavy (non-hydrogen) atoms. The molecular weight excluding hydrogens is 413 g/mol. The SMILES string of the molecule is Cc1cc(C)cc(Cc2ccc(/C=C(\C#N)C(=O)Nc3cccc(C(F)(F)F)c3)cc2)c1. The van der Waals surface area contributed by atoms with E-state index in [9.17, 15) is 23.2 Å². The summed E-state index contributed by atoms with van der Waals surface area (Å²) in [6.07, 6.45) is -2.36. The van der Waals surface area contributed by atoms with E-state index in [1.54, 1.807) is 12.1 Å². The number of benzene rings is 3. The monoisotopic (exact) mass is 434 g/mol. The molecule has 0 bridgehead atoms. The van der Waals surface area contributed by atoms with E-state index in [2.05, 4.69) is 37.4 Å². The molecule has 3 nitrogen and oxygen atoms in total. The van der Waals surface area contributed by atoms with Crippen molar-refractivity contribution in [3.05, 3.63) is 106 Å². The maximum atomic E-state index is 12.9. The number of carbonyl (C=O) groups excluding carboxylic acids is 1. The van der Waals surface area contributed by atoms with Crippen molar-refractivity contribution in [1.29, 1.82) is 5.26 Å². The van der Waals surface area contributed by atoms with Crippen molar-refractivity contribution in [2.24, 2.45) is 0 Å². The van der Waals surface area contributed by atoms with Gasteiger partial charge in [0, 0.05) is 5.69 Å². The summed E-state index contributed by atoms with van der Waals surface area (Å²) in [6, 6.07) is 19.9. The average Bonchev–Trinajstić information content (AvgIpc) is 2.72. The largest absolute Gasteiger partial charge is 0.416 e. The smallest absolute Gasteiger partial charge is 0.321 e. The second-order valence-corrected chi connectivity index (χ2v) is 7.62. The van der Waals surface area contributed by atoms with Gasteiger partial charge in [-0.05, 0) is 61.2 Å². The fourth-order valence-corrected chi connectivity index (χ4v) is 3.43. The van der Waals surface area contributed by atoms with Gasteiger partial charge in [0.25, 0.3) is 5.91 Å². The van der Waals surface area contributed by atoms with E-state index in [4.69, 9.17) is 0 Å². The van der Waals surface area contributed by atoms with Crippen LogP contribution in [0.3, 0.4) is 0 Å². The molecule has 0 aliphatic heterocycles. The molecule has 0 heterocycles. The highest BCUT2D eigenvalue weighted by Crippen LogP contribution is 2.30. The minimum absolute atomic E-state index is 0.0326. The number of nitrogens with zero attached hydrogens (tertiary/aromatic N) is 1. The number of hydrogen-bond donors (Lipinski definition) is 1. The van der Waals surface area contributed by atoms with Gasteiger partial charge in [0.2, 0.25) is 0 Å². The summed E-state index contributed by atoms with van der Waals surface area (Å²) >= 11 is 0. The van der Waals surface area contributed by atoms with E-state index < -0.39 is 17.6 Å². The first kappa shape index (κ1) is 22.8. The van der Waals surface area contributed by atoms with Crippen molar-refractivity contribution >= 4 is 17.7 Å². The lowest BCUT2D eigenvalue weighted by Crippen LogP contribution is -2.14. The van der Waals surface area contributed by atoms with E-state index in [0.29, 0.717) is 5.56 Å². The fraction of sp³-hybridized carbons (Fsp3) is 0.154. The van der Waals surface area contributed by atoms with Crippen LogP contribution in [0.15, 0.2) is 72.3 Å². The Kier molecular flexibility index (Phi) is 6.79. The first-order valence-corrected chi connectivity index (χ1v) is 9.90. The molecule has 0 aliphatic carbocycles. The Bertz CT molecular complexity index is 1180. The zero-order valence-electron chi connectivity index (χ0n) is 17.6. The lowest BCUT2D eigenvalue weighted by Gasteiger charge is -2.09. The molecule has 0 saturated carbocycles. The number of alkyl halides is 3. The summed E-state index contributed by atoms with van der Waals surface area (Å²) in [5.74, 6) is -0.772. The van der Waals surface area contributed by atoms with Crippen LogP contribution >= 0.6 is 0 Å². The van der Waals surface area contributed by atoms with E-state index in [1.165, 1.54) is 34.9 Å². The van der Waals surface area contributed by atoms with E-state index in [1.807, 2.05) is 18.2 Å². The zero-order valence-corrected chi connectivity index (χ0v) is 17.6. The predicted molar refractivity (Wildman–Crippen MR) is 119 cm³/mol. The van der Waals surface area contributed by atoms with Crippen LogP contribution in [0.1, 0.15) is 33.4 Å². The second-order valence-electron chi connectivity index (χ2n) is 7.62. The summed E-state index contributed by atoms with van der Waals surface area (Å²) in [5, 5.41) is 11.7. The Morgan fingerprint density at radius 1 is 0.969 bits per heavy atom. The maximum absolute atomic E-state index is 12.9. The standard InChI is InChI=1S/C26H21F3N2O/c1-17-10-18(2)12-21(11-17)13-19-6-8-20(9-7-19)14-22(16-30)25(32)31-24-5-3-4-23(15-24)26(27,28)29/h3-12,14-15H,13H2,1-2H3,(H,31,32)/b22-14+. The molecule has 0 radical (unpaired) electrons. The van der Waals surface area contributed by atoms with Crippen molar-refractivity contribution in [1.82, 2.24) is 0 Å². The zero-order chi connectivity index (χ0) is 23.3. The highest BCUT2D eigenvalue weighted by atomic mass is 19.4. The highest BCUT2D eigenvalue weighted by Gasteiger charge is 2.30. The van der Waals surface area contributed by atoms with Gasteiger partial charge >= 0.3 is 6.18 Å². The number of rotatable bonds is 5. The lowest BCUT2D eigenvalue weighted by molar-refractivity contribution is -0.137. The van der Waals surface area contributed by atoms with Crippen molar-refractivity contribution in [3.63, 3.8) is 0 Å². The fourth-order valence-electron chi connectivity index (χ4n) is 3.43. The molecule has 3 rings (SSSR count). The maximum Gasteiger partial charge on any atom is 0.416 e. The summed E-state index contributed by atoms with van der Waals surface area (Å²) in [6.45, 7) is 4.11. The highest BCUT2D eigenvalue weighted by molar-refractivity contribution is 6.09. The summed E-state index contributed by atoms with van der Waals surface area (Å²) in [4.78, 5) is 12.4. The number of nitrogens with one attached hydrogen (secondary N) is 1. The Morgan fingerprint density at radius 2 is 1.62 bits per heavy atom. The molecule has 162 valence electrons. The van der Waals surface area contributed by atoms with E-state index >= 15 is 0 Å². The topological polar surface area (TPSA) is 52.9 Å².